The molecule has 0 radical (unpaired) electrons. The maximum atomic E-state index is 12.7. The van der Waals surface area contributed by atoms with Gasteiger partial charge in [0.1, 0.15) is 0 Å². The fourth-order valence-electron chi connectivity index (χ4n) is 1.55. The zero-order valence-corrected chi connectivity index (χ0v) is 12.6. The van der Waals surface area contributed by atoms with Crippen LogP contribution in [0.4, 0.5) is 17.6 Å². The number of nitrogens with zero attached hydrogens (tertiary/aromatic N) is 1. The van der Waals surface area contributed by atoms with Crippen LogP contribution in [0.3, 0.4) is 0 Å². The second kappa shape index (κ2) is 8.46. The summed E-state index contributed by atoms with van der Waals surface area (Å²) in [7, 11) is 0. The Kier molecular flexibility index (Phi) is 6.93. The molecule has 134 valence electrons. The van der Waals surface area contributed by atoms with Gasteiger partial charge in [0.2, 0.25) is 5.88 Å². The summed E-state index contributed by atoms with van der Waals surface area (Å²) < 4.78 is 53.8. The lowest BCUT2D eigenvalue weighted by atomic mass is 10.1. The molecule has 1 heterocycles. The highest BCUT2D eigenvalue weighted by molar-refractivity contribution is 5.94. The number of pyridine rings is 1. The number of aliphatic carboxylic acids is 1. The van der Waals surface area contributed by atoms with Crippen molar-refractivity contribution >= 4 is 11.9 Å². The van der Waals surface area contributed by atoms with Gasteiger partial charge in [0, 0.05) is 24.7 Å². The predicted molar refractivity (Wildman–Crippen MR) is 74.5 cm³/mol. The lowest BCUT2D eigenvalue weighted by Crippen LogP contribution is -2.34. The topological polar surface area (TPSA) is 88.5 Å². The van der Waals surface area contributed by atoms with Crippen molar-refractivity contribution in [3.8, 4) is 5.88 Å². The van der Waals surface area contributed by atoms with Gasteiger partial charge < -0.3 is 15.2 Å². The number of alkyl halides is 4. The van der Waals surface area contributed by atoms with Crippen molar-refractivity contribution < 1.29 is 37.0 Å². The Bertz CT molecular complexity index is 566. The fourth-order valence-corrected chi connectivity index (χ4v) is 1.55. The molecule has 0 saturated heterocycles. The van der Waals surface area contributed by atoms with Gasteiger partial charge in [-0.3, -0.25) is 9.59 Å². The number of carbonyl (C=O) groups is 2. The molecule has 1 amide bonds. The SMILES string of the molecule is CC(CCC(=O)O)NC(=O)c1ccc(OCC(F)(F)C(F)F)nc1. The lowest BCUT2D eigenvalue weighted by Gasteiger charge is -2.15. The number of amides is 1. The van der Waals surface area contributed by atoms with Gasteiger partial charge in [0.15, 0.2) is 6.61 Å². The van der Waals surface area contributed by atoms with Gasteiger partial charge in [-0.2, -0.15) is 8.78 Å². The second-order valence-corrected chi connectivity index (χ2v) is 5.04. The second-order valence-electron chi connectivity index (χ2n) is 5.04. The summed E-state index contributed by atoms with van der Waals surface area (Å²) >= 11 is 0. The molecule has 0 aliphatic rings. The highest BCUT2D eigenvalue weighted by atomic mass is 19.3. The normalized spacial score (nSPS) is 12.8. The maximum absolute atomic E-state index is 12.7. The molecule has 24 heavy (non-hydrogen) atoms. The number of ether oxygens (including phenoxy) is 1. The van der Waals surface area contributed by atoms with Gasteiger partial charge in [-0.1, -0.05) is 0 Å². The molecule has 2 N–H and O–H groups in total. The van der Waals surface area contributed by atoms with E-state index < -0.39 is 36.9 Å². The third-order valence-corrected chi connectivity index (χ3v) is 2.90. The lowest BCUT2D eigenvalue weighted by molar-refractivity contribution is -0.148. The van der Waals surface area contributed by atoms with E-state index in [0.717, 1.165) is 12.3 Å². The first kappa shape index (κ1) is 19.7. The number of carboxylic acid groups (broad SMARTS) is 1. The molecular weight excluding hydrogens is 336 g/mol. The molecule has 1 aromatic rings. The first-order chi connectivity index (χ1) is 11.1. The third-order valence-electron chi connectivity index (χ3n) is 2.90. The Morgan fingerprint density at radius 2 is 2.04 bits per heavy atom. The minimum Gasteiger partial charge on any atom is -0.481 e. The van der Waals surface area contributed by atoms with E-state index in [-0.39, 0.29) is 24.3 Å². The highest BCUT2D eigenvalue weighted by Gasteiger charge is 2.41. The van der Waals surface area contributed by atoms with Crippen LogP contribution in [0, 0.1) is 0 Å². The molecule has 0 bridgehead atoms. The van der Waals surface area contributed by atoms with E-state index in [4.69, 9.17) is 5.11 Å². The van der Waals surface area contributed by atoms with Crippen molar-refractivity contribution in [3.05, 3.63) is 23.9 Å². The Balaban J connectivity index is 2.54. The van der Waals surface area contributed by atoms with Crippen molar-refractivity contribution in [3.63, 3.8) is 0 Å². The Morgan fingerprint density at radius 3 is 2.54 bits per heavy atom. The molecular formula is C14H16F4N2O4. The van der Waals surface area contributed by atoms with Crippen LogP contribution < -0.4 is 10.1 Å². The molecule has 0 spiro atoms. The number of rotatable bonds is 9. The smallest absolute Gasteiger partial charge is 0.340 e. The number of hydrogen-bond donors (Lipinski definition) is 2. The molecule has 1 rings (SSSR count). The van der Waals surface area contributed by atoms with Crippen LogP contribution in [0.25, 0.3) is 0 Å². The number of nitrogens with one attached hydrogen (secondary N) is 1. The predicted octanol–water partition coefficient (Wildman–Crippen LogP) is 2.34. The van der Waals surface area contributed by atoms with Crippen LogP contribution in [0.5, 0.6) is 5.88 Å². The van der Waals surface area contributed by atoms with Crippen LogP contribution in [0.2, 0.25) is 0 Å². The van der Waals surface area contributed by atoms with E-state index in [2.05, 4.69) is 15.0 Å². The zero-order valence-electron chi connectivity index (χ0n) is 12.6. The molecule has 1 atom stereocenters. The summed E-state index contributed by atoms with van der Waals surface area (Å²) in [5.74, 6) is -6.15. The molecule has 0 saturated carbocycles. The zero-order chi connectivity index (χ0) is 18.3. The van der Waals surface area contributed by atoms with Gasteiger partial charge in [-0.05, 0) is 19.4 Å². The van der Waals surface area contributed by atoms with Crippen molar-refractivity contribution in [1.82, 2.24) is 10.3 Å². The minimum absolute atomic E-state index is 0.0881. The van der Waals surface area contributed by atoms with Gasteiger partial charge in [-0.15, -0.1) is 0 Å². The number of aromatic nitrogens is 1. The average Bonchev–Trinajstić information content (AvgIpc) is 2.51. The number of halogens is 4. The van der Waals surface area contributed by atoms with E-state index in [1.165, 1.54) is 6.07 Å². The maximum Gasteiger partial charge on any atom is 0.340 e. The summed E-state index contributed by atoms with van der Waals surface area (Å²) in [6.45, 7) is 0.0909. The number of carboxylic acids is 1. The first-order valence-corrected chi connectivity index (χ1v) is 6.89. The van der Waals surface area contributed by atoms with E-state index in [1.807, 2.05) is 0 Å². The van der Waals surface area contributed by atoms with Crippen LogP contribution in [-0.4, -0.2) is 47.0 Å². The van der Waals surface area contributed by atoms with Crippen molar-refractivity contribution in [2.75, 3.05) is 6.61 Å². The van der Waals surface area contributed by atoms with Gasteiger partial charge in [0.25, 0.3) is 5.91 Å². The summed E-state index contributed by atoms with van der Waals surface area (Å²) in [5.41, 5.74) is 0.0881. The molecule has 1 aromatic heterocycles. The molecule has 0 aliphatic heterocycles. The monoisotopic (exact) mass is 352 g/mol. The van der Waals surface area contributed by atoms with Crippen LogP contribution >= 0.6 is 0 Å². The summed E-state index contributed by atoms with van der Waals surface area (Å²) in [5, 5.41) is 11.1. The van der Waals surface area contributed by atoms with E-state index in [1.54, 1.807) is 6.92 Å². The van der Waals surface area contributed by atoms with E-state index in [9.17, 15) is 27.2 Å². The van der Waals surface area contributed by atoms with Gasteiger partial charge >= 0.3 is 18.3 Å². The highest BCUT2D eigenvalue weighted by Crippen LogP contribution is 2.23. The van der Waals surface area contributed by atoms with Crippen molar-refractivity contribution in [2.24, 2.45) is 0 Å². The molecule has 0 aliphatic carbocycles. The van der Waals surface area contributed by atoms with Crippen LogP contribution in [-0.2, 0) is 4.79 Å². The number of hydrogen-bond acceptors (Lipinski definition) is 4. The van der Waals surface area contributed by atoms with Crippen LogP contribution in [0.1, 0.15) is 30.1 Å². The summed E-state index contributed by atoms with van der Waals surface area (Å²) in [4.78, 5) is 25.9. The Labute approximate surface area is 134 Å². The molecule has 6 nitrogen and oxygen atoms in total. The molecule has 0 aromatic carbocycles. The molecule has 0 fully saturated rings. The summed E-state index contributed by atoms with van der Waals surface area (Å²) in [6.07, 6.45) is -2.69. The molecule has 10 heteroatoms. The van der Waals surface area contributed by atoms with E-state index in [0.29, 0.717) is 0 Å². The summed E-state index contributed by atoms with van der Waals surface area (Å²) in [6, 6.07) is 1.93. The third kappa shape index (κ3) is 6.39. The van der Waals surface area contributed by atoms with Gasteiger partial charge in [-0.25, -0.2) is 13.8 Å². The quantitative estimate of drug-likeness (QED) is 0.666. The Hall–Kier alpha value is -2.39. The largest absolute Gasteiger partial charge is 0.481 e. The minimum atomic E-state index is -4.29. The molecule has 1 unspecified atom stereocenters. The number of carbonyl (C=O) groups excluding carboxylic acids is 1. The fraction of sp³-hybridized carbons (Fsp3) is 0.500. The Morgan fingerprint density at radius 1 is 1.38 bits per heavy atom. The average molecular weight is 352 g/mol. The van der Waals surface area contributed by atoms with Crippen molar-refractivity contribution in [2.45, 2.75) is 38.2 Å². The van der Waals surface area contributed by atoms with Gasteiger partial charge in [0.05, 0.1) is 5.56 Å². The van der Waals surface area contributed by atoms with Crippen molar-refractivity contribution in [1.29, 1.82) is 0 Å². The van der Waals surface area contributed by atoms with Crippen LogP contribution in [0.15, 0.2) is 18.3 Å². The van der Waals surface area contributed by atoms with E-state index >= 15 is 0 Å². The first-order valence-electron chi connectivity index (χ1n) is 6.89. The standard InChI is InChI=1S/C14H16F4N2O4/c1-8(2-5-11(21)22)20-12(23)9-3-4-10(19-6-9)24-7-14(17,18)13(15)16/h3-4,6,8,13H,2,5,7H2,1H3,(H,20,23)(H,21,22).